The molecule has 0 aliphatic heterocycles. The van der Waals surface area contributed by atoms with Gasteiger partial charge in [-0.1, -0.05) is 68.4 Å². The number of benzene rings is 3. The number of nitrogens with zero attached hydrogens (tertiary/aromatic N) is 1. The highest BCUT2D eigenvalue weighted by Crippen LogP contribution is 2.24. The van der Waals surface area contributed by atoms with E-state index in [4.69, 9.17) is 4.74 Å². The normalized spacial score (nSPS) is 12.0. The maximum atomic E-state index is 13.1. The molecule has 2 N–H and O–H groups in total. The summed E-state index contributed by atoms with van der Waals surface area (Å²) >= 11 is 0. The van der Waals surface area contributed by atoms with Crippen molar-refractivity contribution in [3.05, 3.63) is 90.5 Å². The van der Waals surface area contributed by atoms with E-state index in [1.165, 1.54) is 23.5 Å². The number of anilines is 2. The highest BCUT2D eigenvalue weighted by atomic mass is 32.2. The molecule has 1 unspecified atom stereocenters. The number of rotatable bonds is 9. The van der Waals surface area contributed by atoms with Gasteiger partial charge in [0.25, 0.3) is 10.0 Å². The number of ether oxygens (including phenoxy) is 1. The lowest BCUT2D eigenvalue weighted by molar-refractivity contribution is -0.119. The molecule has 0 aromatic heterocycles. The van der Waals surface area contributed by atoms with Gasteiger partial charge in [-0.2, -0.15) is 0 Å². The van der Waals surface area contributed by atoms with Crippen LogP contribution < -0.4 is 14.9 Å². The Balaban J connectivity index is 1.68. The zero-order valence-electron chi connectivity index (χ0n) is 19.8. The van der Waals surface area contributed by atoms with Gasteiger partial charge in [0.2, 0.25) is 5.91 Å². The third-order valence-corrected chi connectivity index (χ3v) is 7.10. The molecule has 0 radical (unpaired) electrons. The molecule has 0 heterocycles. The molecule has 3 aromatic rings. The van der Waals surface area contributed by atoms with E-state index in [1.807, 2.05) is 30.3 Å². The van der Waals surface area contributed by atoms with Crippen LogP contribution in [0.15, 0.2) is 89.8 Å². The molecule has 2 amide bonds. The third kappa shape index (κ3) is 6.83. The van der Waals surface area contributed by atoms with Crippen LogP contribution in [-0.4, -0.2) is 33.5 Å². The first-order chi connectivity index (χ1) is 16.7. The molecule has 1 atom stereocenters. The Morgan fingerprint density at radius 3 is 2.17 bits per heavy atom. The fourth-order valence-electron chi connectivity index (χ4n) is 3.32. The molecule has 0 bridgehead atoms. The Hall–Kier alpha value is -3.85. The molecule has 0 saturated heterocycles. The van der Waals surface area contributed by atoms with Gasteiger partial charge in [-0.05, 0) is 41.8 Å². The van der Waals surface area contributed by atoms with Gasteiger partial charge in [-0.15, -0.1) is 0 Å². The van der Waals surface area contributed by atoms with E-state index in [0.717, 1.165) is 5.56 Å². The van der Waals surface area contributed by atoms with E-state index in [9.17, 15) is 18.0 Å². The SMILES string of the molecule is CC(C)C(NC(=O)OCc1ccccc1)C(=O)Nc1cccc(S(=O)(=O)N(C)c2ccccc2)c1. The lowest BCUT2D eigenvalue weighted by atomic mass is 10.0. The highest BCUT2D eigenvalue weighted by molar-refractivity contribution is 7.92. The molecule has 0 aliphatic carbocycles. The molecule has 0 fully saturated rings. The summed E-state index contributed by atoms with van der Waals surface area (Å²) < 4.78 is 32.6. The Labute approximate surface area is 206 Å². The smallest absolute Gasteiger partial charge is 0.408 e. The second kappa shape index (κ2) is 11.5. The van der Waals surface area contributed by atoms with Crippen LogP contribution in [0.1, 0.15) is 19.4 Å². The Kier molecular flexibility index (Phi) is 8.48. The van der Waals surface area contributed by atoms with E-state index in [2.05, 4.69) is 10.6 Å². The van der Waals surface area contributed by atoms with Crippen molar-refractivity contribution in [1.82, 2.24) is 5.32 Å². The first-order valence-corrected chi connectivity index (χ1v) is 12.5. The molecular weight excluding hydrogens is 466 g/mol. The van der Waals surface area contributed by atoms with Gasteiger partial charge in [0, 0.05) is 12.7 Å². The number of alkyl carbamates (subject to hydrolysis) is 1. The molecule has 0 spiro atoms. The lowest BCUT2D eigenvalue weighted by Gasteiger charge is -2.22. The maximum Gasteiger partial charge on any atom is 0.408 e. The summed E-state index contributed by atoms with van der Waals surface area (Å²) in [5.41, 5.74) is 1.63. The Bertz CT molecular complexity index is 1250. The summed E-state index contributed by atoms with van der Waals surface area (Å²) in [7, 11) is -2.38. The van der Waals surface area contributed by atoms with Gasteiger partial charge >= 0.3 is 6.09 Å². The minimum absolute atomic E-state index is 0.0259. The van der Waals surface area contributed by atoms with Crippen molar-refractivity contribution in [1.29, 1.82) is 0 Å². The number of hydrogen-bond acceptors (Lipinski definition) is 5. The van der Waals surface area contributed by atoms with Crippen LogP contribution in [0.4, 0.5) is 16.2 Å². The van der Waals surface area contributed by atoms with Crippen LogP contribution in [0, 0.1) is 5.92 Å². The largest absolute Gasteiger partial charge is 0.445 e. The lowest BCUT2D eigenvalue weighted by Crippen LogP contribution is -2.47. The highest BCUT2D eigenvalue weighted by Gasteiger charge is 2.26. The van der Waals surface area contributed by atoms with Crippen molar-refractivity contribution in [2.75, 3.05) is 16.7 Å². The summed E-state index contributed by atoms with van der Waals surface area (Å²) in [4.78, 5) is 25.3. The molecule has 35 heavy (non-hydrogen) atoms. The molecule has 3 rings (SSSR count). The number of carbonyl (C=O) groups is 2. The number of hydrogen-bond donors (Lipinski definition) is 2. The van der Waals surface area contributed by atoms with Gasteiger partial charge < -0.3 is 15.4 Å². The monoisotopic (exact) mass is 495 g/mol. The van der Waals surface area contributed by atoms with Gasteiger partial charge in [-0.25, -0.2) is 13.2 Å². The van der Waals surface area contributed by atoms with Crippen molar-refractivity contribution >= 4 is 33.4 Å². The minimum atomic E-state index is -3.85. The van der Waals surface area contributed by atoms with Gasteiger partial charge in [-0.3, -0.25) is 9.10 Å². The molecule has 0 aliphatic rings. The fraction of sp³-hybridized carbons (Fsp3) is 0.231. The first kappa shape index (κ1) is 25.8. The van der Waals surface area contributed by atoms with E-state index in [1.54, 1.807) is 56.3 Å². The summed E-state index contributed by atoms with van der Waals surface area (Å²) in [5, 5.41) is 5.29. The van der Waals surface area contributed by atoms with Crippen LogP contribution in [0.5, 0.6) is 0 Å². The second-order valence-electron chi connectivity index (χ2n) is 8.25. The number of carbonyl (C=O) groups excluding carboxylic acids is 2. The topological polar surface area (TPSA) is 105 Å². The molecule has 8 nitrogen and oxygen atoms in total. The predicted octanol–water partition coefficient (Wildman–Crippen LogP) is 4.40. The number of para-hydroxylation sites is 1. The van der Waals surface area contributed by atoms with E-state index < -0.39 is 28.1 Å². The van der Waals surface area contributed by atoms with Crippen LogP contribution in [-0.2, 0) is 26.2 Å². The molecule has 184 valence electrons. The second-order valence-corrected chi connectivity index (χ2v) is 10.2. The van der Waals surface area contributed by atoms with E-state index in [-0.39, 0.29) is 17.4 Å². The Morgan fingerprint density at radius 1 is 0.914 bits per heavy atom. The standard InChI is InChI=1S/C26H29N3O5S/c1-19(2)24(28-26(31)34-18-20-11-6-4-7-12-20)25(30)27-21-13-10-16-23(17-21)35(32,33)29(3)22-14-8-5-9-15-22/h4-17,19,24H,18H2,1-3H3,(H,27,30)(H,28,31). The van der Waals surface area contributed by atoms with Crippen LogP contribution >= 0.6 is 0 Å². The number of amides is 2. The van der Waals surface area contributed by atoms with Crippen molar-refractivity contribution < 1.29 is 22.7 Å². The average molecular weight is 496 g/mol. The molecular formula is C26H29N3O5S. The summed E-state index contributed by atoms with van der Waals surface area (Å²) in [6.45, 7) is 3.66. The zero-order valence-corrected chi connectivity index (χ0v) is 20.7. The molecule has 0 saturated carbocycles. The zero-order chi connectivity index (χ0) is 25.4. The maximum absolute atomic E-state index is 13.1. The van der Waals surface area contributed by atoms with Gasteiger partial charge in [0.05, 0.1) is 10.6 Å². The summed E-state index contributed by atoms with van der Waals surface area (Å²) in [6.07, 6.45) is -0.719. The molecule has 9 heteroatoms. The fourth-order valence-corrected chi connectivity index (χ4v) is 4.56. The van der Waals surface area contributed by atoms with Crippen molar-refractivity contribution in [2.45, 2.75) is 31.4 Å². The van der Waals surface area contributed by atoms with Gasteiger partial charge in [0.1, 0.15) is 12.6 Å². The number of nitrogens with one attached hydrogen (secondary N) is 2. The van der Waals surface area contributed by atoms with Crippen molar-refractivity contribution in [2.24, 2.45) is 5.92 Å². The van der Waals surface area contributed by atoms with Crippen LogP contribution in [0.25, 0.3) is 0 Å². The number of sulfonamides is 1. The van der Waals surface area contributed by atoms with Gasteiger partial charge in [0.15, 0.2) is 0 Å². The Morgan fingerprint density at radius 2 is 1.54 bits per heavy atom. The first-order valence-electron chi connectivity index (χ1n) is 11.1. The average Bonchev–Trinajstić information content (AvgIpc) is 2.86. The van der Waals surface area contributed by atoms with Crippen LogP contribution in [0.3, 0.4) is 0 Å². The molecule has 3 aromatic carbocycles. The van der Waals surface area contributed by atoms with E-state index >= 15 is 0 Å². The third-order valence-electron chi connectivity index (χ3n) is 5.32. The van der Waals surface area contributed by atoms with Crippen molar-refractivity contribution in [3.8, 4) is 0 Å². The quantitative estimate of drug-likeness (QED) is 0.458. The minimum Gasteiger partial charge on any atom is -0.445 e. The predicted molar refractivity (Wildman–Crippen MR) is 135 cm³/mol. The summed E-state index contributed by atoms with van der Waals surface area (Å²) in [5.74, 6) is -0.724. The van der Waals surface area contributed by atoms with Crippen molar-refractivity contribution in [3.63, 3.8) is 0 Å². The summed E-state index contributed by atoms with van der Waals surface area (Å²) in [6, 6.07) is 23.0. The van der Waals surface area contributed by atoms with E-state index in [0.29, 0.717) is 11.4 Å². The van der Waals surface area contributed by atoms with Crippen LogP contribution in [0.2, 0.25) is 0 Å².